The second kappa shape index (κ2) is 6.01. The number of pyridine rings is 1. The summed E-state index contributed by atoms with van der Waals surface area (Å²) in [6.07, 6.45) is 3.59. The Morgan fingerprint density at radius 1 is 1.18 bits per heavy atom. The Morgan fingerprint density at radius 3 is 2.82 bits per heavy atom. The highest BCUT2D eigenvalue weighted by Crippen LogP contribution is 2.09. The highest BCUT2D eigenvalue weighted by molar-refractivity contribution is 5.40. The van der Waals surface area contributed by atoms with Gasteiger partial charge in [-0.2, -0.15) is 0 Å². The third kappa shape index (κ3) is 3.57. The molecular formula is C14H16N2O. The largest absolute Gasteiger partial charge is 0.380 e. The molecular weight excluding hydrogens is 212 g/mol. The van der Waals surface area contributed by atoms with Gasteiger partial charge in [0.05, 0.1) is 12.3 Å². The van der Waals surface area contributed by atoms with Crippen molar-refractivity contribution in [3.05, 3.63) is 59.9 Å². The standard InChI is InChI=1S/C14H16N2O/c1-17-11-13-5-2-4-12(8-13)9-16-14-6-3-7-15-10-14/h2-8,10,16H,9,11H2,1H3. The summed E-state index contributed by atoms with van der Waals surface area (Å²) < 4.78 is 5.12. The molecule has 0 fully saturated rings. The third-order valence-corrected chi connectivity index (χ3v) is 2.46. The second-order valence-electron chi connectivity index (χ2n) is 3.85. The summed E-state index contributed by atoms with van der Waals surface area (Å²) in [6, 6.07) is 12.3. The van der Waals surface area contributed by atoms with E-state index in [0.29, 0.717) is 6.61 Å². The molecule has 1 heterocycles. The fourth-order valence-electron chi connectivity index (χ4n) is 1.67. The SMILES string of the molecule is COCc1cccc(CNc2cccnc2)c1. The number of anilines is 1. The zero-order valence-corrected chi connectivity index (χ0v) is 9.89. The van der Waals surface area contributed by atoms with Crippen molar-refractivity contribution < 1.29 is 4.74 Å². The van der Waals surface area contributed by atoms with Crippen LogP contribution in [-0.2, 0) is 17.9 Å². The molecule has 0 saturated carbocycles. The minimum absolute atomic E-state index is 0.654. The van der Waals surface area contributed by atoms with Crippen molar-refractivity contribution >= 4 is 5.69 Å². The van der Waals surface area contributed by atoms with Crippen LogP contribution in [0.15, 0.2) is 48.8 Å². The van der Waals surface area contributed by atoms with Gasteiger partial charge in [-0.15, -0.1) is 0 Å². The Hall–Kier alpha value is -1.87. The van der Waals surface area contributed by atoms with Gasteiger partial charge in [0.15, 0.2) is 0 Å². The van der Waals surface area contributed by atoms with Crippen LogP contribution in [0.2, 0.25) is 0 Å². The molecule has 0 aliphatic carbocycles. The molecule has 88 valence electrons. The molecule has 1 aromatic carbocycles. The van der Waals surface area contributed by atoms with Crippen LogP contribution in [0.3, 0.4) is 0 Å². The summed E-state index contributed by atoms with van der Waals surface area (Å²) in [5.74, 6) is 0. The van der Waals surface area contributed by atoms with Crippen molar-refractivity contribution in [1.29, 1.82) is 0 Å². The first-order chi connectivity index (χ1) is 8.38. The number of rotatable bonds is 5. The van der Waals surface area contributed by atoms with Crippen molar-refractivity contribution in [1.82, 2.24) is 4.98 Å². The van der Waals surface area contributed by atoms with Gasteiger partial charge in [-0.05, 0) is 23.3 Å². The lowest BCUT2D eigenvalue weighted by atomic mass is 10.1. The summed E-state index contributed by atoms with van der Waals surface area (Å²) in [7, 11) is 1.71. The predicted molar refractivity (Wildman–Crippen MR) is 68.7 cm³/mol. The number of nitrogens with one attached hydrogen (secondary N) is 1. The van der Waals surface area contributed by atoms with E-state index in [0.717, 1.165) is 12.2 Å². The van der Waals surface area contributed by atoms with Crippen molar-refractivity contribution in [3.8, 4) is 0 Å². The van der Waals surface area contributed by atoms with E-state index in [2.05, 4.69) is 34.6 Å². The number of aromatic nitrogens is 1. The number of nitrogens with zero attached hydrogens (tertiary/aromatic N) is 1. The predicted octanol–water partition coefficient (Wildman–Crippen LogP) is 2.84. The van der Waals surface area contributed by atoms with E-state index in [-0.39, 0.29) is 0 Å². The van der Waals surface area contributed by atoms with Crippen LogP contribution >= 0.6 is 0 Å². The molecule has 0 bridgehead atoms. The maximum absolute atomic E-state index is 5.12. The van der Waals surface area contributed by atoms with Gasteiger partial charge in [-0.3, -0.25) is 4.98 Å². The highest BCUT2D eigenvalue weighted by Gasteiger charge is 1.96. The summed E-state index contributed by atoms with van der Waals surface area (Å²) in [5.41, 5.74) is 3.46. The van der Waals surface area contributed by atoms with Gasteiger partial charge in [0.2, 0.25) is 0 Å². The third-order valence-electron chi connectivity index (χ3n) is 2.46. The van der Waals surface area contributed by atoms with Crippen molar-refractivity contribution in [2.75, 3.05) is 12.4 Å². The molecule has 0 amide bonds. The Labute approximate surface area is 101 Å². The minimum atomic E-state index is 0.654. The van der Waals surface area contributed by atoms with E-state index in [9.17, 15) is 0 Å². The van der Waals surface area contributed by atoms with Gasteiger partial charge in [-0.1, -0.05) is 24.3 Å². The fourth-order valence-corrected chi connectivity index (χ4v) is 1.67. The molecule has 17 heavy (non-hydrogen) atoms. The number of benzene rings is 1. The molecule has 1 N–H and O–H groups in total. The van der Waals surface area contributed by atoms with Crippen molar-refractivity contribution in [2.24, 2.45) is 0 Å². The molecule has 3 nitrogen and oxygen atoms in total. The molecule has 3 heteroatoms. The van der Waals surface area contributed by atoms with Crippen LogP contribution in [0.5, 0.6) is 0 Å². The number of methoxy groups -OCH3 is 1. The highest BCUT2D eigenvalue weighted by atomic mass is 16.5. The molecule has 0 aliphatic rings. The van der Waals surface area contributed by atoms with Gasteiger partial charge in [0.25, 0.3) is 0 Å². The van der Waals surface area contributed by atoms with Crippen LogP contribution < -0.4 is 5.32 Å². The van der Waals surface area contributed by atoms with Gasteiger partial charge in [0, 0.05) is 26.0 Å². The minimum Gasteiger partial charge on any atom is -0.380 e. The average Bonchev–Trinajstić information content (AvgIpc) is 2.39. The molecule has 2 aromatic rings. The molecule has 0 unspecified atom stereocenters. The van der Waals surface area contributed by atoms with Crippen LogP contribution in [0.25, 0.3) is 0 Å². The molecule has 0 saturated heterocycles. The van der Waals surface area contributed by atoms with E-state index in [1.54, 1.807) is 13.3 Å². The van der Waals surface area contributed by atoms with E-state index in [4.69, 9.17) is 4.74 Å². The molecule has 0 spiro atoms. The lowest BCUT2D eigenvalue weighted by Gasteiger charge is -2.07. The summed E-state index contributed by atoms with van der Waals surface area (Å²) in [6.45, 7) is 1.45. The van der Waals surface area contributed by atoms with Gasteiger partial charge in [-0.25, -0.2) is 0 Å². The average molecular weight is 228 g/mol. The molecule has 0 radical (unpaired) electrons. The first-order valence-electron chi connectivity index (χ1n) is 5.59. The molecule has 1 aromatic heterocycles. The maximum Gasteiger partial charge on any atom is 0.0713 e. The number of ether oxygens (including phenoxy) is 1. The molecule has 0 aliphatic heterocycles. The second-order valence-corrected chi connectivity index (χ2v) is 3.85. The van der Waals surface area contributed by atoms with Crippen LogP contribution in [0.4, 0.5) is 5.69 Å². The van der Waals surface area contributed by atoms with Crippen LogP contribution in [0, 0.1) is 0 Å². The summed E-state index contributed by atoms with van der Waals surface area (Å²) in [4.78, 5) is 4.06. The van der Waals surface area contributed by atoms with E-state index in [1.165, 1.54) is 11.1 Å². The maximum atomic E-state index is 5.12. The van der Waals surface area contributed by atoms with Crippen LogP contribution in [0.1, 0.15) is 11.1 Å². The first kappa shape index (κ1) is 11.6. The number of hydrogen-bond acceptors (Lipinski definition) is 3. The molecule has 2 rings (SSSR count). The summed E-state index contributed by atoms with van der Waals surface area (Å²) in [5, 5.41) is 3.33. The monoisotopic (exact) mass is 228 g/mol. The van der Waals surface area contributed by atoms with Crippen molar-refractivity contribution in [3.63, 3.8) is 0 Å². The lowest BCUT2D eigenvalue weighted by molar-refractivity contribution is 0.185. The fraction of sp³-hybridized carbons (Fsp3) is 0.214. The normalized spacial score (nSPS) is 10.2. The Kier molecular flexibility index (Phi) is 4.11. The van der Waals surface area contributed by atoms with Crippen LogP contribution in [-0.4, -0.2) is 12.1 Å². The number of hydrogen-bond donors (Lipinski definition) is 1. The Bertz CT molecular complexity index is 457. The topological polar surface area (TPSA) is 34.1 Å². The zero-order valence-electron chi connectivity index (χ0n) is 9.89. The van der Waals surface area contributed by atoms with E-state index in [1.807, 2.05) is 18.3 Å². The van der Waals surface area contributed by atoms with Crippen molar-refractivity contribution in [2.45, 2.75) is 13.2 Å². The lowest BCUT2D eigenvalue weighted by Crippen LogP contribution is -2.00. The Balaban J connectivity index is 1.97. The Morgan fingerprint density at radius 2 is 2.06 bits per heavy atom. The van der Waals surface area contributed by atoms with E-state index >= 15 is 0 Å². The smallest absolute Gasteiger partial charge is 0.0713 e. The molecule has 0 atom stereocenters. The van der Waals surface area contributed by atoms with Gasteiger partial charge < -0.3 is 10.1 Å². The van der Waals surface area contributed by atoms with Gasteiger partial charge >= 0.3 is 0 Å². The quantitative estimate of drug-likeness (QED) is 0.854. The zero-order chi connectivity index (χ0) is 11.9. The van der Waals surface area contributed by atoms with E-state index < -0.39 is 0 Å². The summed E-state index contributed by atoms with van der Waals surface area (Å²) >= 11 is 0. The first-order valence-corrected chi connectivity index (χ1v) is 5.59. The van der Waals surface area contributed by atoms with Gasteiger partial charge in [0.1, 0.15) is 0 Å².